The Morgan fingerprint density at radius 2 is 1.76 bits per heavy atom. The summed E-state index contributed by atoms with van der Waals surface area (Å²) in [6, 6.07) is 8.45. The lowest BCUT2D eigenvalue weighted by molar-refractivity contribution is -0.142. The van der Waals surface area contributed by atoms with Gasteiger partial charge in [0.05, 0.1) is 0 Å². The highest BCUT2D eigenvalue weighted by molar-refractivity contribution is 5.84. The van der Waals surface area contributed by atoms with Crippen molar-refractivity contribution in [2.75, 3.05) is 7.05 Å². The molecule has 2 amide bonds. The van der Waals surface area contributed by atoms with Gasteiger partial charge in [0.1, 0.15) is 6.04 Å². The van der Waals surface area contributed by atoms with Gasteiger partial charge in [0.2, 0.25) is 11.8 Å². The van der Waals surface area contributed by atoms with Gasteiger partial charge in [-0.3, -0.25) is 9.59 Å². The Balaban J connectivity index is 2.41. The number of aliphatic carboxylic acids is 1. The zero-order chi connectivity index (χ0) is 15.7. The lowest BCUT2D eigenvalue weighted by Crippen LogP contribution is -2.41. The molecule has 6 heteroatoms. The van der Waals surface area contributed by atoms with Gasteiger partial charge in [0, 0.05) is 19.9 Å². The molecule has 0 aliphatic carbocycles. The predicted molar refractivity (Wildman–Crippen MR) is 77.6 cm³/mol. The van der Waals surface area contributed by atoms with E-state index in [0.717, 1.165) is 5.56 Å². The van der Waals surface area contributed by atoms with Crippen molar-refractivity contribution in [1.29, 1.82) is 0 Å². The summed E-state index contributed by atoms with van der Waals surface area (Å²) in [6.45, 7) is 0. The van der Waals surface area contributed by atoms with Crippen molar-refractivity contribution < 1.29 is 19.5 Å². The maximum atomic E-state index is 11.8. The molecule has 0 saturated carbocycles. The minimum absolute atomic E-state index is 0.0619. The average Bonchev–Trinajstić information content (AvgIpc) is 2.49. The van der Waals surface area contributed by atoms with Crippen LogP contribution in [0.25, 0.3) is 0 Å². The van der Waals surface area contributed by atoms with Crippen molar-refractivity contribution in [1.82, 2.24) is 10.6 Å². The molecule has 3 N–H and O–H groups in total. The Morgan fingerprint density at radius 3 is 2.33 bits per heavy atom. The van der Waals surface area contributed by atoms with E-state index in [-0.39, 0.29) is 31.1 Å². The highest BCUT2D eigenvalue weighted by Crippen LogP contribution is 2.04. The Labute approximate surface area is 123 Å². The molecule has 1 unspecified atom stereocenters. The molecule has 0 heterocycles. The van der Waals surface area contributed by atoms with Gasteiger partial charge in [-0.1, -0.05) is 30.3 Å². The maximum Gasteiger partial charge on any atom is 0.326 e. The lowest BCUT2D eigenvalue weighted by atomic mass is 10.1. The van der Waals surface area contributed by atoms with E-state index in [2.05, 4.69) is 10.6 Å². The fraction of sp³-hybridized carbons (Fsp3) is 0.400. The second-order valence-corrected chi connectivity index (χ2v) is 4.66. The van der Waals surface area contributed by atoms with E-state index in [1.165, 1.54) is 7.05 Å². The van der Waals surface area contributed by atoms with Crippen LogP contribution in [0.3, 0.4) is 0 Å². The number of benzene rings is 1. The molecule has 0 aliphatic heterocycles. The third-order valence-corrected chi connectivity index (χ3v) is 3.06. The number of carbonyl (C=O) groups is 3. The number of carboxylic acid groups (broad SMARTS) is 1. The summed E-state index contributed by atoms with van der Waals surface area (Å²) in [4.78, 5) is 34.0. The second kappa shape index (κ2) is 8.73. The van der Waals surface area contributed by atoms with Crippen LogP contribution in [0.1, 0.15) is 24.8 Å². The number of carboxylic acids is 1. The van der Waals surface area contributed by atoms with Crippen molar-refractivity contribution in [3.63, 3.8) is 0 Å². The van der Waals surface area contributed by atoms with Crippen LogP contribution in [0, 0.1) is 0 Å². The zero-order valence-corrected chi connectivity index (χ0v) is 12.0. The smallest absolute Gasteiger partial charge is 0.326 e. The van der Waals surface area contributed by atoms with Gasteiger partial charge in [0.15, 0.2) is 0 Å². The number of aryl methyl sites for hydroxylation is 1. The summed E-state index contributed by atoms with van der Waals surface area (Å²) in [5, 5.41) is 13.9. The minimum Gasteiger partial charge on any atom is -0.480 e. The molecular weight excluding hydrogens is 272 g/mol. The molecular formula is C15H20N2O4. The van der Waals surface area contributed by atoms with E-state index in [1.54, 1.807) is 0 Å². The van der Waals surface area contributed by atoms with E-state index in [9.17, 15) is 14.4 Å². The van der Waals surface area contributed by atoms with Gasteiger partial charge in [0.25, 0.3) is 0 Å². The average molecular weight is 292 g/mol. The predicted octanol–water partition coefficient (Wildman–Crippen LogP) is 0.715. The highest BCUT2D eigenvalue weighted by Gasteiger charge is 2.20. The summed E-state index contributed by atoms with van der Waals surface area (Å²) >= 11 is 0. The molecule has 1 aromatic carbocycles. The Hall–Kier alpha value is -2.37. The highest BCUT2D eigenvalue weighted by atomic mass is 16.4. The molecule has 0 radical (unpaired) electrons. The summed E-state index contributed by atoms with van der Waals surface area (Å²) in [5.74, 6) is -1.71. The molecule has 1 aromatic rings. The van der Waals surface area contributed by atoms with Crippen molar-refractivity contribution in [3.05, 3.63) is 35.9 Å². The van der Waals surface area contributed by atoms with Gasteiger partial charge in [-0.25, -0.2) is 4.79 Å². The first-order valence-corrected chi connectivity index (χ1v) is 6.79. The summed E-state index contributed by atoms with van der Waals surface area (Å²) in [6.07, 6.45) is 0.904. The molecule has 0 bridgehead atoms. The molecule has 1 atom stereocenters. The van der Waals surface area contributed by atoms with E-state index < -0.39 is 12.0 Å². The molecule has 0 fully saturated rings. The second-order valence-electron chi connectivity index (χ2n) is 4.66. The van der Waals surface area contributed by atoms with Crippen molar-refractivity contribution >= 4 is 17.8 Å². The van der Waals surface area contributed by atoms with Gasteiger partial charge in [-0.05, 0) is 18.4 Å². The topological polar surface area (TPSA) is 95.5 Å². The lowest BCUT2D eigenvalue weighted by Gasteiger charge is -2.14. The molecule has 0 aliphatic rings. The number of hydrogen-bond acceptors (Lipinski definition) is 3. The number of rotatable bonds is 8. The Kier molecular flexibility index (Phi) is 6.94. The molecule has 6 nitrogen and oxygen atoms in total. The van der Waals surface area contributed by atoms with Crippen molar-refractivity contribution in [3.8, 4) is 0 Å². The fourth-order valence-electron chi connectivity index (χ4n) is 1.83. The van der Waals surface area contributed by atoms with E-state index >= 15 is 0 Å². The van der Waals surface area contributed by atoms with Crippen LogP contribution in [0.5, 0.6) is 0 Å². The van der Waals surface area contributed by atoms with Gasteiger partial charge in [-0.2, -0.15) is 0 Å². The maximum absolute atomic E-state index is 11.8. The SMILES string of the molecule is CNC(=O)CCC(NC(=O)CCc1ccccc1)C(=O)O. The van der Waals surface area contributed by atoms with Crippen LogP contribution >= 0.6 is 0 Å². The van der Waals surface area contributed by atoms with Gasteiger partial charge >= 0.3 is 5.97 Å². The third kappa shape index (κ3) is 6.56. The molecule has 0 aromatic heterocycles. The standard InChI is InChI=1S/C15H20N2O4/c1-16-13(18)10-8-12(15(20)21)17-14(19)9-7-11-5-3-2-4-6-11/h2-6,12H,7-10H2,1H3,(H,16,18)(H,17,19)(H,20,21). The molecule has 1 rings (SSSR count). The van der Waals surface area contributed by atoms with Crippen LogP contribution in [0.4, 0.5) is 0 Å². The number of amides is 2. The monoisotopic (exact) mass is 292 g/mol. The molecule has 114 valence electrons. The first-order chi connectivity index (χ1) is 10.0. The van der Waals surface area contributed by atoms with Crippen LogP contribution < -0.4 is 10.6 Å². The molecule has 21 heavy (non-hydrogen) atoms. The summed E-state index contributed by atoms with van der Waals surface area (Å²) in [7, 11) is 1.48. The third-order valence-electron chi connectivity index (χ3n) is 3.06. The fourth-order valence-corrected chi connectivity index (χ4v) is 1.83. The van der Waals surface area contributed by atoms with Gasteiger partial charge in [-0.15, -0.1) is 0 Å². The van der Waals surface area contributed by atoms with E-state index in [4.69, 9.17) is 5.11 Å². The van der Waals surface area contributed by atoms with Crippen LogP contribution in [0.15, 0.2) is 30.3 Å². The van der Waals surface area contributed by atoms with E-state index in [1.807, 2.05) is 30.3 Å². The zero-order valence-electron chi connectivity index (χ0n) is 12.0. The number of hydrogen-bond donors (Lipinski definition) is 3. The minimum atomic E-state index is -1.13. The number of carbonyl (C=O) groups excluding carboxylic acids is 2. The van der Waals surface area contributed by atoms with Crippen LogP contribution in [0.2, 0.25) is 0 Å². The molecule has 0 spiro atoms. The number of nitrogens with one attached hydrogen (secondary N) is 2. The quantitative estimate of drug-likeness (QED) is 0.657. The first-order valence-electron chi connectivity index (χ1n) is 6.79. The Bertz CT molecular complexity index is 488. The largest absolute Gasteiger partial charge is 0.480 e. The van der Waals surface area contributed by atoms with E-state index in [0.29, 0.717) is 6.42 Å². The van der Waals surface area contributed by atoms with Crippen LogP contribution in [-0.2, 0) is 20.8 Å². The first kappa shape index (κ1) is 16.7. The van der Waals surface area contributed by atoms with Crippen molar-refractivity contribution in [2.45, 2.75) is 31.7 Å². The summed E-state index contributed by atoms with van der Waals surface area (Å²) in [5.41, 5.74) is 1.02. The van der Waals surface area contributed by atoms with Crippen LogP contribution in [-0.4, -0.2) is 36.0 Å². The van der Waals surface area contributed by atoms with Crippen molar-refractivity contribution in [2.24, 2.45) is 0 Å². The Morgan fingerprint density at radius 1 is 1.10 bits per heavy atom. The van der Waals surface area contributed by atoms with Gasteiger partial charge < -0.3 is 15.7 Å². The molecule has 0 saturated heterocycles. The normalized spacial score (nSPS) is 11.5. The summed E-state index contributed by atoms with van der Waals surface area (Å²) < 4.78 is 0.